The minimum Gasteiger partial charge on any atom is -0.465 e. The highest BCUT2D eigenvalue weighted by Crippen LogP contribution is 2.21. The monoisotopic (exact) mass is 390 g/mol. The number of carbonyl (C=O) groups is 1. The molecule has 0 amide bonds. The van der Waals surface area contributed by atoms with Crippen molar-refractivity contribution in [2.75, 3.05) is 7.11 Å². The Hall–Kier alpha value is -1.79. The molecule has 1 heterocycles. The van der Waals surface area contributed by atoms with Crippen LogP contribution in [-0.4, -0.2) is 29.9 Å². The van der Waals surface area contributed by atoms with Crippen LogP contribution in [0.1, 0.15) is 15.2 Å². The molecule has 2 rings (SSSR count). The third-order valence-corrected chi connectivity index (χ3v) is 6.88. The molecule has 0 aliphatic heterocycles. The minimum absolute atomic E-state index is 0.0293. The lowest BCUT2D eigenvalue weighted by atomic mass is 10.2. The van der Waals surface area contributed by atoms with E-state index < -0.39 is 26.0 Å². The number of esters is 1. The molecule has 0 aliphatic rings. The fourth-order valence-corrected chi connectivity index (χ4v) is 4.56. The van der Waals surface area contributed by atoms with Gasteiger partial charge < -0.3 is 4.74 Å². The van der Waals surface area contributed by atoms with Gasteiger partial charge in [0.2, 0.25) is 20.0 Å². The van der Waals surface area contributed by atoms with Crippen molar-refractivity contribution in [1.29, 1.82) is 0 Å². The molecule has 11 heteroatoms. The molecule has 0 fully saturated rings. The second kappa shape index (κ2) is 6.99. The molecule has 1 aromatic carbocycles. The number of benzene rings is 1. The average Bonchev–Trinajstić information content (AvgIpc) is 3.02. The topological polar surface area (TPSA) is 133 Å². The largest absolute Gasteiger partial charge is 0.465 e. The lowest BCUT2D eigenvalue weighted by Crippen LogP contribution is -2.22. The van der Waals surface area contributed by atoms with Crippen LogP contribution in [0.2, 0.25) is 0 Å². The highest BCUT2D eigenvalue weighted by molar-refractivity contribution is 7.91. The van der Waals surface area contributed by atoms with Crippen LogP contribution in [0.15, 0.2) is 45.5 Å². The molecule has 0 radical (unpaired) electrons. The second-order valence-electron chi connectivity index (χ2n) is 4.61. The van der Waals surface area contributed by atoms with Gasteiger partial charge in [0.25, 0.3) is 0 Å². The van der Waals surface area contributed by atoms with E-state index in [0.717, 1.165) is 11.3 Å². The Bertz CT molecular complexity index is 946. The SMILES string of the molecule is COC(=O)c1ccc(S(=O)(=O)NCc2ccc(S(N)(=O)=O)s2)cc1. The van der Waals surface area contributed by atoms with Gasteiger partial charge in [-0.2, -0.15) is 0 Å². The summed E-state index contributed by atoms with van der Waals surface area (Å²) < 4.78 is 53.6. The third kappa shape index (κ3) is 4.39. The normalized spacial score (nSPS) is 12.1. The Labute approximate surface area is 143 Å². The molecular weight excluding hydrogens is 376 g/mol. The number of hydrogen-bond acceptors (Lipinski definition) is 7. The molecule has 3 N–H and O–H groups in total. The molecular formula is C13H14N2O6S3. The van der Waals surface area contributed by atoms with Crippen molar-refractivity contribution in [2.45, 2.75) is 15.6 Å². The number of sulfonamides is 2. The van der Waals surface area contributed by atoms with Crippen molar-refractivity contribution >= 4 is 37.4 Å². The molecule has 24 heavy (non-hydrogen) atoms. The predicted molar refractivity (Wildman–Crippen MR) is 87.5 cm³/mol. The van der Waals surface area contributed by atoms with E-state index in [0.29, 0.717) is 4.88 Å². The van der Waals surface area contributed by atoms with Crippen LogP contribution in [0.3, 0.4) is 0 Å². The number of methoxy groups -OCH3 is 1. The molecule has 0 unspecified atom stereocenters. The quantitative estimate of drug-likeness (QED) is 0.696. The van der Waals surface area contributed by atoms with E-state index in [1.165, 1.54) is 43.5 Å². The van der Waals surface area contributed by atoms with Gasteiger partial charge in [0, 0.05) is 11.4 Å². The fourth-order valence-electron chi connectivity index (χ4n) is 1.74. The zero-order chi connectivity index (χ0) is 18.0. The lowest BCUT2D eigenvalue weighted by molar-refractivity contribution is 0.0600. The number of rotatable bonds is 6. The maximum absolute atomic E-state index is 12.2. The Morgan fingerprint density at radius 3 is 2.25 bits per heavy atom. The fraction of sp³-hybridized carbons (Fsp3) is 0.154. The summed E-state index contributed by atoms with van der Waals surface area (Å²) in [5.74, 6) is -0.569. The molecule has 0 spiro atoms. The Morgan fingerprint density at radius 2 is 1.75 bits per heavy atom. The first-order valence-corrected chi connectivity index (χ1v) is 10.3. The summed E-state index contributed by atoms with van der Waals surface area (Å²) in [5.41, 5.74) is 0.229. The number of nitrogens with two attached hydrogens (primary N) is 1. The molecule has 0 aliphatic carbocycles. The van der Waals surface area contributed by atoms with E-state index in [-0.39, 0.29) is 21.2 Å². The number of primary sulfonamides is 1. The molecule has 0 saturated carbocycles. The van der Waals surface area contributed by atoms with Crippen molar-refractivity contribution in [1.82, 2.24) is 4.72 Å². The van der Waals surface area contributed by atoms with Crippen LogP contribution in [0, 0.1) is 0 Å². The first-order chi connectivity index (χ1) is 11.1. The van der Waals surface area contributed by atoms with E-state index in [1.807, 2.05) is 0 Å². The summed E-state index contributed by atoms with van der Waals surface area (Å²) in [7, 11) is -6.39. The van der Waals surface area contributed by atoms with Gasteiger partial charge in [0.15, 0.2) is 0 Å². The van der Waals surface area contributed by atoms with E-state index in [4.69, 9.17) is 5.14 Å². The van der Waals surface area contributed by atoms with Gasteiger partial charge in [-0.15, -0.1) is 11.3 Å². The molecule has 0 atom stereocenters. The Balaban J connectivity index is 2.11. The molecule has 1 aromatic heterocycles. The van der Waals surface area contributed by atoms with Gasteiger partial charge in [0.1, 0.15) is 4.21 Å². The number of carbonyl (C=O) groups excluding carboxylic acids is 1. The minimum atomic E-state index is -3.81. The first-order valence-electron chi connectivity index (χ1n) is 6.43. The molecule has 0 bridgehead atoms. The predicted octanol–water partition coefficient (Wildman–Crippen LogP) is 0.661. The van der Waals surface area contributed by atoms with Gasteiger partial charge in [-0.25, -0.2) is 31.5 Å². The zero-order valence-electron chi connectivity index (χ0n) is 12.4. The lowest BCUT2D eigenvalue weighted by Gasteiger charge is -2.06. The molecule has 8 nitrogen and oxygen atoms in total. The van der Waals surface area contributed by atoms with E-state index >= 15 is 0 Å². The summed E-state index contributed by atoms with van der Waals surface area (Å²) in [6, 6.07) is 8.02. The first kappa shape index (κ1) is 18.5. The van der Waals surface area contributed by atoms with Crippen LogP contribution in [0.5, 0.6) is 0 Å². The number of nitrogens with one attached hydrogen (secondary N) is 1. The summed E-state index contributed by atoms with van der Waals surface area (Å²) >= 11 is 0.884. The van der Waals surface area contributed by atoms with Gasteiger partial charge in [-0.3, -0.25) is 0 Å². The average molecular weight is 390 g/mol. The van der Waals surface area contributed by atoms with Crippen LogP contribution < -0.4 is 9.86 Å². The van der Waals surface area contributed by atoms with Crippen LogP contribution in [0.4, 0.5) is 0 Å². The molecule has 0 saturated heterocycles. The van der Waals surface area contributed by atoms with Crippen molar-refractivity contribution in [3.8, 4) is 0 Å². The maximum atomic E-state index is 12.2. The highest BCUT2D eigenvalue weighted by Gasteiger charge is 2.17. The van der Waals surface area contributed by atoms with Gasteiger partial charge in [-0.1, -0.05) is 0 Å². The van der Waals surface area contributed by atoms with Crippen molar-refractivity contribution < 1.29 is 26.4 Å². The van der Waals surface area contributed by atoms with Gasteiger partial charge in [0.05, 0.1) is 17.6 Å². The number of ether oxygens (including phenoxy) is 1. The molecule has 130 valence electrons. The Morgan fingerprint density at radius 1 is 1.12 bits per heavy atom. The van der Waals surface area contributed by atoms with Gasteiger partial charge in [-0.05, 0) is 36.4 Å². The maximum Gasteiger partial charge on any atom is 0.337 e. The standard InChI is InChI=1S/C13H14N2O6S3/c1-21-13(16)9-2-5-11(6-3-9)24(19,20)15-8-10-4-7-12(22-10)23(14,17)18/h2-7,15H,8H2,1H3,(H2,14,17,18). The van der Waals surface area contributed by atoms with E-state index in [2.05, 4.69) is 9.46 Å². The van der Waals surface area contributed by atoms with Crippen molar-refractivity contribution in [3.63, 3.8) is 0 Å². The van der Waals surface area contributed by atoms with E-state index in [1.54, 1.807) is 0 Å². The van der Waals surface area contributed by atoms with E-state index in [9.17, 15) is 21.6 Å². The third-order valence-electron chi connectivity index (χ3n) is 2.94. The summed E-state index contributed by atoms with van der Waals surface area (Å²) in [6.07, 6.45) is 0. The number of thiophene rings is 1. The second-order valence-corrected chi connectivity index (χ2v) is 9.33. The van der Waals surface area contributed by atoms with Crippen molar-refractivity contribution in [3.05, 3.63) is 46.8 Å². The van der Waals surface area contributed by atoms with Crippen LogP contribution in [-0.2, 0) is 31.3 Å². The Kier molecular flexibility index (Phi) is 5.40. The van der Waals surface area contributed by atoms with Gasteiger partial charge >= 0.3 is 5.97 Å². The summed E-state index contributed by atoms with van der Waals surface area (Å²) in [5, 5.41) is 5.00. The van der Waals surface area contributed by atoms with Crippen molar-refractivity contribution in [2.24, 2.45) is 5.14 Å². The van der Waals surface area contributed by atoms with Crippen LogP contribution >= 0.6 is 11.3 Å². The smallest absolute Gasteiger partial charge is 0.337 e. The molecule has 2 aromatic rings. The highest BCUT2D eigenvalue weighted by atomic mass is 32.2. The number of hydrogen-bond donors (Lipinski definition) is 2. The summed E-state index contributed by atoms with van der Waals surface area (Å²) in [4.78, 5) is 11.8. The summed E-state index contributed by atoms with van der Waals surface area (Å²) in [6.45, 7) is -0.0821. The van der Waals surface area contributed by atoms with Crippen LogP contribution in [0.25, 0.3) is 0 Å². The zero-order valence-corrected chi connectivity index (χ0v) is 14.9.